The molecule has 1 aromatic heterocycles. The smallest absolute Gasteiger partial charge is 0.416 e. The number of carbonyl (C=O) groups is 3. The molecule has 11 nitrogen and oxygen atoms in total. The number of rotatable bonds is 7. The summed E-state index contributed by atoms with van der Waals surface area (Å²) in [6, 6.07) is 10.1. The van der Waals surface area contributed by atoms with Crippen LogP contribution in [0, 0.1) is 5.92 Å². The van der Waals surface area contributed by atoms with Crippen LogP contribution in [0.5, 0.6) is 5.19 Å². The molecule has 280 valence electrons. The topological polar surface area (TPSA) is 147 Å². The van der Waals surface area contributed by atoms with E-state index < -0.39 is 68.5 Å². The number of ether oxygens (including phenoxy) is 1. The van der Waals surface area contributed by atoms with Crippen LogP contribution < -0.4 is 20.1 Å². The average Bonchev–Trinajstić information content (AvgIpc) is 3.58. The highest BCUT2D eigenvalue weighted by atomic mass is 32.2. The summed E-state index contributed by atoms with van der Waals surface area (Å²) in [5, 5.41) is 5.70. The minimum atomic E-state index is -4.58. The first-order valence-corrected chi connectivity index (χ1v) is 20.3. The summed E-state index contributed by atoms with van der Waals surface area (Å²) >= 11 is 1.33. The van der Waals surface area contributed by atoms with Gasteiger partial charge >= 0.3 is 6.18 Å². The second kappa shape index (κ2) is 14.5. The number of para-hydroxylation sites is 1. The van der Waals surface area contributed by atoms with Crippen LogP contribution >= 0.6 is 11.3 Å². The number of nitrogens with one attached hydrogen (secondary N) is 3. The predicted octanol–water partition coefficient (Wildman–Crippen LogP) is 5.76. The maximum atomic E-state index is 14.5. The maximum Gasteiger partial charge on any atom is 0.416 e. The molecule has 7 rings (SSSR count). The van der Waals surface area contributed by atoms with Crippen LogP contribution in [-0.2, 0) is 30.6 Å². The van der Waals surface area contributed by atoms with Gasteiger partial charge in [-0.05, 0) is 74.8 Å². The molecule has 2 bridgehead atoms. The number of anilines is 1. The summed E-state index contributed by atoms with van der Waals surface area (Å²) in [4.78, 5) is 48.7. The van der Waals surface area contributed by atoms with E-state index in [2.05, 4.69) is 20.3 Å². The first-order chi connectivity index (χ1) is 24.8. The summed E-state index contributed by atoms with van der Waals surface area (Å²) in [7, 11) is -3.90. The highest BCUT2D eigenvalue weighted by Crippen LogP contribution is 2.40. The molecule has 0 radical (unpaired) electrons. The number of fused-ring (bicyclic) bond motifs is 4. The number of carbonyl (C=O) groups excluding carboxylic acids is 3. The fraction of sp³-hybridized carbons (Fsp3) is 0.556. The first-order valence-electron chi connectivity index (χ1n) is 17.9. The summed E-state index contributed by atoms with van der Waals surface area (Å²) in [6.45, 7) is -0.00844. The average molecular weight is 762 g/mol. The molecule has 3 heterocycles. The van der Waals surface area contributed by atoms with Crippen molar-refractivity contribution < 1.29 is 40.7 Å². The Hall–Kier alpha value is -3.92. The van der Waals surface area contributed by atoms with Crippen molar-refractivity contribution in [2.75, 3.05) is 11.9 Å². The van der Waals surface area contributed by atoms with Crippen LogP contribution in [0.4, 0.5) is 18.9 Å². The molecular weight excluding hydrogens is 720 g/mol. The van der Waals surface area contributed by atoms with Gasteiger partial charge in [-0.25, -0.2) is 13.4 Å². The lowest BCUT2D eigenvalue weighted by Gasteiger charge is -2.33. The molecule has 0 spiro atoms. The van der Waals surface area contributed by atoms with Crippen molar-refractivity contribution in [3.8, 4) is 5.19 Å². The molecule has 3 N–H and O–H groups in total. The van der Waals surface area contributed by atoms with Crippen LogP contribution in [0.15, 0.2) is 48.5 Å². The van der Waals surface area contributed by atoms with Gasteiger partial charge < -0.3 is 20.3 Å². The highest BCUT2D eigenvalue weighted by molar-refractivity contribution is 7.91. The van der Waals surface area contributed by atoms with Crippen molar-refractivity contribution in [1.29, 1.82) is 0 Å². The number of aromatic nitrogens is 1. The van der Waals surface area contributed by atoms with Crippen molar-refractivity contribution in [3.63, 3.8) is 0 Å². The number of hydrogen-bond donors (Lipinski definition) is 3. The fourth-order valence-corrected chi connectivity index (χ4v) is 10.0. The van der Waals surface area contributed by atoms with E-state index in [1.165, 1.54) is 28.4 Å². The minimum Gasteiger partial charge on any atom is -0.465 e. The first kappa shape index (κ1) is 36.4. The largest absolute Gasteiger partial charge is 0.465 e. The second-order valence-electron chi connectivity index (χ2n) is 14.6. The molecule has 2 aliphatic heterocycles. The van der Waals surface area contributed by atoms with Gasteiger partial charge in [0.05, 0.1) is 27.6 Å². The van der Waals surface area contributed by atoms with Gasteiger partial charge in [-0.2, -0.15) is 13.2 Å². The zero-order valence-electron chi connectivity index (χ0n) is 28.5. The number of benzene rings is 2. The quantitative estimate of drug-likeness (QED) is 0.276. The van der Waals surface area contributed by atoms with Gasteiger partial charge in [-0.3, -0.25) is 19.1 Å². The molecule has 3 aromatic rings. The van der Waals surface area contributed by atoms with Gasteiger partial charge in [-0.15, -0.1) is 0 Å². The Morgan fingerprint density at radius 3 is 2.52 bits per heavy atom. The molecule has 5 atom stereocenters. The Morgan fingerprint density at radius 2 is 1.77 bits per heavy atom. The Bertz CT molecular complexity index is 1900. The van der Waals surface area contributed by atoms with Crippen LogP contribution in [0.3, 0.4) is 0 Å². The van der Waals surface area contributed by atoms with Crippen molar-refractivity contribution in [3.05, 3.63) is 54.1 Å². The Balaban J connectivity index is 1.20. The lowest BCUT2D eigenvalue weighted by atomic mass is 9.92. The third-order valence-corrected chi connectivity index (χ3v) is 13.4. The van der Waals surface area contributed by atoms with Crippen molar-refractivity contribution in [1.82, 2.24) is 19.9 Å². The lowest BCUT2D eigenvalue weighted by Crippen LogP contribution is -2.62. The zero-order chi connectivity index (χ0) is 36.7. The maximum absolute atomic E-state index is 14.5. The van der Waals surface area contributed by atoms with Crippen LogP contribution in [-0.4, -0.2) is 71.5 Å². The Kier molecular flexibility index (Phi) is 10.1. The van der Waals surface area contributed by atoms with E-state index in [0.29, 0.717) is 37.3 Å². The van der Waals surface area contributed by atoms with E-state index >= 15 is 0 Å². The van der Waals surface area contributed by atoms with Gasteiger partial charge in [0, 0.05) is 12.1 Å². The van der Waals surface area contributed by atoms with Crippen molar-refractivity contribution in [2.24, 2.45) is 5.92 Å². The van der Waals surface area contributed by atoms with E-state index in [1.54, 1.807) is 0 Å². The van der Waals surface area contributed by atoms with Gasteiger partial charge in [-0.1, -0.05) is 61.6 Å². The van der Waals surface area contributed by atoms with Gasteiger partial charge in [0.25, 0.3) is 11.1 Å². The lowest BCUT2D eigenvalue weighted by molar-refractivity contribution is -0.141. The monoisotopic (exact) mass is 761 g/mol. The summed E-state index contributed by atoms with van der Waals surface area (Å²) < 4.78 is 76.0. The minimum absolute atomic E-state index is 0.00844. The molecule has 52 heavy (non-hydrogen) atoms. The third-order valence-electron chi connectivity index (χ3n) is 10.7. The van der Waals surface area contributed by atoms with E-state index in [1.807, 2.05) is 24.3 Å². The second-order valence-corrected chi connectivity index (χ2v) is 17.5. The van der Waals surface area contributed by atoms with Crippen molar-refractivity contribution >= 4 is 55.0 Å². The summed E-state index contributed by atoms with van der Waals surface area (Å²) in [5.41, 5.74) is -1.48. The number of amides is 3. The predicted molar refractivity (Wildman–Crippen MR) is 189 cm³/mol. The van der Waals surface area contributed by atoms with Crippen LogP contribution in [0.25, 0.3) is 10.2 Å². The standard InChI is InChI=1S/C36H42F3N5O6S2/c37-36(38,39)23-9-7-10-24(18-23)40-28-12-4-2-1-3-8-22-16-17-35(20-22,33(47)43-52(48,49)26-14-15-26)42-31(45)29-19-25(21-44(29)32(28)46)50-34-41-27-11-5-6-13-30(27)51-34/h5-7,9-11,13,18,22,25-26,28-29,40H,1-4,8,12,14-17,19-21H2,(H,42,45)(H,43,47)/t22?,25-,28+,29+,35-/m1/s1. The zero-order valence-corrected chi connectivity index (χ0v) is 30.1. The molecule has 2 aromatic carbocycles. The SMILES string of the molecule is O=C1N[C@]2(C(=O)NS(=O)(=O)C3CC3)CCC(CCCCCC[C@H](Nc3cccc(C(F)(F)F)c3)C(=O)N3C[C@H](Oc4nc5ccccc5s4)C[C@@H]13)C2. The molecule has 16 heteroatoms. The molecule has 4 aliphatic rings. The molecule has 2 saturated heterocycles. The fourth-order valence-electron chi connectivity index (χ4n) is 7.78. The van der Waals surface area contributed by atoms with Gasteiger partial charge in [0.2, 0.25) is 21.8 Å². The number of hydrogen-bond acceptors (Lipinski definition) is 9. The number of alkyl halides is 3. The van der Waals surface area contributed by atoms with Crippen LogP contribution in [0.1, 0.15) is 82.6 Å². The number of thiazole rings is 1. The molecule has 2 saturated carbocycles. The van der Waals surface area contributed by atoms with Gasteiger partial charge in [0.1, 0.15) is 23.7 Å². The summed E-state index contributed by atoms with van der Waals surface area (Å²) in [5.74, 6) is -1.77. The van der Waals surface area contributed by atoms with E-state index in [4.69, 9.17) is 4.74 Å². The normalized spacial score (nSPS) is 27.7. The third kappa shape index (κ3) is 8.02. The van der Waals surface area contributed by atoms with Gasteiger partial charge in [0.15, 0.2) is 0 Å². The number of halogens is 3. The number of nitrogens with zero attached hydrogens (tertiary/aromatic N) is 2. The highest BCUT2D eigenvalue weighted by Gasteiger charge is 2.52. The van der Waals surface area contributed by atoms with E-state index in [-0.39, 0.29) is 37.4 Å². The Morgan fingerprint density at radius 1 is 1.00 bits per heavy atom. The molecule has 2 aliphatic carbocycles. The molecule has 3 amide bonds. The van der Waals surface area contributed by atoms with E-state index in [0.717, 1.165) is 48.0 Å². The molecule has 1 unspecified atom stereocenters. The molecule has 4 fully saturated rings. The summed E-state index contributed by atoms with van der Waals surface area (Å²) in [6.07, 6.45) is 1.10. The molecular formula is C36H42F3N5O6S2. The van der Waals surface area contributed by atoms with E-state index in [9.17, 15) is 36.0 Å². The Labute approximate surface area is 304 Å². The number of sulfonamides is 1. The van der Waals surface area contributed by atoms with Crippen molar-refractivity contribution in [2.45, 2.75) is 112 Å². The van der Waals surface area contributed by atoms with Crippen LogP contribution in [0.2, 0.25) is 0 Å².